The highest BCUT2D eigenvalue weighted by Gasteiger charge is 2.19. The van der Waals surface area contributed by atoms with Gasteiger partial charge < -0.3 is 9.84 Å². The Morgan fingerprint density at radius 2 is 2.33 bits per heavy atom. The van der Waals surface area contributed by atoms with Gasteiger partial charge in [-0.05, 0) is 6.07 Å². The summed E-state index contributed by atoms with van der Waals surface area (Å²) in [7, 11) is 1.20. The molecule has 1 aromatic rings. The Hall–Kier alpha value is -1.72. The lowest BCUT2D eigenvalue weighted by Gasteiger charge is -2.10. The molecule has 82 valence electrons. The summed E-state index contributed by atoms with van der Waals surface area (Å²) in [5.74, 6) is -1.27. The van der Waals surface area contributed by atoms with Crippen molar-refractivity contribution < 1.29 is 23.4 Å². The minimum atomic E-state index is -2.78. The lowest BCUT2D eigenvalue weighted by atomic mass is 10.1. The molecule has 0 aromatic carbocycles. The van der Waals surface area contributed by atoms with Crippen LogP contribution in [0.4, 0.5) is 8.78 Å². The normalized spacial score (nSPS) is 10.4. The number of aromatic nitrogens is 1. The second kappa shape index (κ2) is 4.68. The number of rotatable bonds is 4. The van der Waals surface area contributed by atoms with Gasteiger partial charge in [0.25, 0.3) is 6.43 Å². The van der Waals surface area contributed by atoms with Crippen LogP contribution >= 0.6 is 0 Å². The first-order valence-electron chi connectivity index (χ1n) is 4.08. The Morgan fingerprint density at radius 1 is 1.67 bits per heavy atom. The van der Waals surface area contributed by atoms with Crippen LogP contribution in [0, 0.1) is 0 Å². The van der Waals surface area contributed by atoms with Crippen LogP contribution in [0.25, 0.3) is 0 Å². The van der Waals surface area contributed by atoms with Crippen LogP contribution in [-0.4, -0.2) is 23.2 Å². The summed E-state index contributed by atoms with van der Waals surface area (Å²) in [6, 6.07) is 1.35. The van der Waals surface area contributed by atoms with Gasteiger partial charge in [0.15, 0.2) is 0 Å². The molecule has 0 saturated heterocycles. The second-order valence-electron chi connectivity index (χ2n) is 2.76. The molecule has 1 heterocycles. The highest BCUT2D eigenvalue weighted by molar-refractivity contribution is 5.71. The lowest BCUT2D eigenvalue weighted by molar-refractivity contribution is -0.136. The second-order valence-corrected chi connectivity index (χ2v) is 2.76. The van der Waals surface area contributed by atoms with Crippen molar-refractivity contribution in [3.05, 3.63) is 23.5 Å². The first-order valence-corrected chi connectivity index (χ1v) is 4.08. The van der Waals surface area contributed by atoms with Gasteiger partial charge in [-0.1, -0.05) is 0 Å². The maximum Gasteiger partial charge on any atom is 0.307 e. The Labute approximate surface area is 84.5 Å². The standard InChI is InChI=1S/C9H9F2NO3/c1-15-8-5(4-6(13)14)2-3-12-7(8)9(10)11/h2-3,9H,4H2,1H3,(H,13,14). The summed E-state index contributed by atoms with van der Waals surface area (Å²) in [6.07, 6.45) is -2.01. The van der Waals surface area contributed by atoms with Crippen LogP contribution in [0.3, 0.4) is 0 Å². The van der Waals surface area contributed by atoms with E-state index in [4.69, 9.17) is 9.84 Å². The maximum absolute atomic E-state index is 12.4. The van der Waals surface area contributed by atoms with E-state index in [1.807, 2.05) is 0 Å². The van der Waals surface area contributed by atoms with Gasteiger partial charge in [-0.25, -0.2) is 8.78 Å². The van der Waals surface area contributed by atoms with Gasteiger partial charge in [0.1, 0.15) is 11.4 Å². The molecular weight excluding hydrogens is 208 g/mol. The molecule has 0 aliphatic rings. The number of ether oxygens (including phenoxy) is 1. The van der Waals surface area contributed by atoms with Crippen LogP contribution in [0.1, 0.15) is 17.7 Å². The average Bonchev–Trinajstić information content (AvgIpc) is 2.16. The average molecular weight is 217 g/mol. The summed E-state index contributed by atoms with van der Waals surface area (Å²) in [6.45, 7) is 0. The minimum Gasteiger partial charge on any atom is -0.494 e. The topological polar surface area (TPSA) is 59.4 Å². The Balaban J connectivity index is 3.15. The van der Waals surface area contributed by atoms with Crippen LogP contribution < -0.4 is 4.74 Å². The fraction of sp³-hybridized carbons (Fsp3) is 0.333. The third kappa shape index (κ3) is 2.61. The van der Waals surface area contributed by atoms with E-state index in [0.717, 1.165) is 6.20 Å². The molecule has 6 heteroatoms. The molecule has 0 unspecified atom stereocenters. The first kappa shape index (κ1) is 11.4. The molecule has 0 saturated carbocycles. The number of aliphatic carboxylic acids is 1. The monoisotopic (exact) mass is 217 g/mol. The van der Waals surface area contributed by atoms with Gasteiger partial charge in [-0.3, -0.25) is 9.78 Å². The van der Waals surface area contributed by atoms with Crippen molar-refractivity contribution in [3.8, 4) is 5.75 Å². The zero-order valence-corrected chi connectivity index (χ0v) is 7.91. The van der Waals surface area contributed by atoms with Gasteiger partial charge in [0.05, 0.1) is 13.5 Å². The molecule has 1 rings (SSSR count). The predicted molar refractivity (Wildman–Crippen MR) is 47.1 cm³/mol. The number of methoxy groups -OCH3 is 1. The molecule has 0 bridgehead atoms. The number of halogens is 2. The molecule has 0 amide bonds. The fourth-order valence-electron chi connectivity index (χ4n) is 1.20. The smallest absolute Gasteiger partial charge is 0.307 e. The van der Waals surface area contributed by atoms with E-state index < -0.39 is 18.1 Å². The van der Waals surface area contributed by atoms with Crippen molar-refractivity contribution in [3.63, 3.8) is 0 Å². The summed E-state index contributed by atoms with van der Waals surface area (Å²) >= 11 is 0. The van der Waals surface area contributed by atoms with Crippen molar-refractivity contribution in [1.82, 2.24) is 4.98 Å². The van der Waals surface area contributed by atoms with Crippen molar-refractivity contribution in [2.24, 2.45) is 0 Å². The number of nitrogens with zero attached hydrogens (tertiary/aromatic N) is 1. The Morgan fingerprint density at radius 3 is 2.80 bits per heavy atom. The van der Waals surface area contributed by atoms with E-state index in [2.05, 4.69) is 4.98 Å². The molecule has 0 aliphatic heterocycles. The number of pyridine rings is 1. The van der Waals surface area contributed by atoms with Crippen LogP contribution in [0.5, 0.6) is 5.75 Å². The zero-order valence-electron chi connectivity index (χ0n) is 7.91. The maximum atomic E-state index is 12.4. The molecule has 15 heavy (non-hydrogen) atoms. The quantitative estimate of drug-likeness (QED) is 0.833. The van der Waals surface area contributed by atoms with Crippen molar-refractivity contribution in [2.75, 3.05) is 7.11 Å². The number of carboxylic acids is 1. The minimum absolute atomic E-state index is 0.157. The largest absolute Gasteiger partial charge is 0.494 e. The van der Waals surface area contributed by atoms with Crippen molar-refractivity contribution in [1.29, 1.82) is 0 Å². The van der Waals surface area contributed by atoms with Crippen LogP contribution in [-0.2, 0) is 11.2 Å². The molecule has 0 fully saturated rings. The zero-order chi connectivity index (χ0) is 11.4. The van der Waals surface area contributed by atoms with Crippen molar-refractivity contribution in [2.45, 2.75) is 12.8 Å². The first-order chi connectivity index (χ1) is 7.06. The molecular formula is C9H9F2NO3. The highest BCUT2D eigenvalue weighted by atomic mass is 19.3. The lowest BCUT2D eigenvalue weighted by Crippen LogP contribution is -2.05. The summed E-state index contributed by atoms with van der Waals surface area (Å²) in [4.78, 5) is 13.9. The molecule has 0 spiro atoms. The van der Waals surface area contributed by atoms with Crippen molar-refractivity contribution >= 4 is 5.97 Å². The summed E-state index contributed by atoms with van der Waals surface area (Å²) in [5.41, 5.74) is -0.341. The van der Waals surface area contributed by atoms with Gasteiger partial charge in [-0.15, -0.1) is 0 Å². The van der Waals surface area contributed by atoms with Gasteiger partial charge in [0.2, 0.25) is 0 Å². The highest BCUT2D eigenvalue weighted by Crippen LogP contribution is 2.30. The molecule has 0 aliphatic carbocycles. The molecule has 1 N–H and O–H groups in total. The number of hydrogen-bond donors (Lipinski definition) is 1. The van der Waals surface area contributed by atoms with E-state index in [1.165, 1.54) is 13.2 Å². The number of alkyl halides is 2. The Bertz CT molecular complexity index is 368. The number of carboxylic acid groups (broad SMARTS) is 1. The third-order valence-electron chi connectivity index (χ3n) is 1.77. The molecule has 0 atom stereocenters. The molecule has 0 radical (unpaired) electrons. The SMILES string of the molecule is COc1c(CC(=O)O)ccnc1C(F)F. The van der Waals surface area contributed by atoms with E-state index >= 15 is 0 Å². The van der Waals surface area contributed by atoms with E-state index in [-0.39, 0.29) is 17.7 Å². The number of hydrogen-bond acceptors (Lipinski definition) is 3. The Kier molecular flexibility index (Phi) is 3.54. The third-order valence-corrected chi connectivity index (χ3v) is 1.77. The molecule has 4 nitrogen and oxygen atoms in total. The van der Waals surface area contributed by atoms with Crippen LogP contribution in [0.2, 0.25) is 0 Å². The molecule has 1 aromatic heterocycles. The number of carbonyl (C=O) groups is 1. The van der Waals surface area contributed by atoms with Gasteiger partial charge >= 0.3 is 5.97 Å². The predicted octanol–water partition coefficient (Wildman–Crippen LogP) is 1.65. The van der Waals surface area contributed by atoms with E-state index in [0.29, 0.717) is 0 Å². The van der Waals surface area contributed by atoms with Gasteiger partial charge in [-0.2, -0.15) is 0 Å². The summed E-state index contributed by atoms with van der Waals surface area (Å²) < 4.78 is 29.6. The van der Waals surface area contributed by atoms with Crippen LogP contribution in [0.15, 0.2) is 12.3 Å². The summed E-state index contributed by atoms with van der Waals surface area (Å²) in [5, 5.41) is 8.55. The van der Waals surface area contributed by atoms with E-state index in [1.54, 1.807) is 0 Å². The fourth-order valence-corrected chi connectivity index (χ4v) is 1.20. The van der Waals surface area contributed by atoms with E-state index in [9.17, 15) is 13.6 Å². The van der Waals surface area contributed by atoms with Gasteiger partial charge in [0, 0.05) is 11.8 Å².